The molecule has 0 unspecified atom stereocenters. The first-order chi connectivity index (χ1) is 15.7. The summed E-state index contributed by atoms with van der Waals surface area (Å²) < 4.78 is 12.7. The van der Waals surface area contributed by atoms with E-state index in [0.717, 1.165) is 30.1 Å². The normalized spacial score (nSPS) is 26.8. The number of nitrogens with zero attached hydrogens (tertiary/aromatic N) is 1. The second kappa shape index (κ2) is 13.6. The van der Waals surface area contributed by atoms with Crippen LogP contribution in [0.5, 0.6) is 0 Å². The zero-order valence-corrected chi connectivity index (χ0v) is 20.1. The summed E-state index contributed by atoms with van der Waals surface area (Å²) in [5.74, 6) is 2.81. The van der Waals surface area contributed by atoms with Crippen molar-refractivity contribution in [2.24, 2.45) is 17.8 Å². The van der Waals surface area contributed by atoms with Gasteiger partial charge in [-0.3, -0.25) is 0 Å². The lowest BCUT2D eigenvalue weighted by molar-refractivity contribution is 0.225. The van der Waals surface area contributed by atoms with Crippen molar-refractivity contribution in [3.8, 4) is 6.07 Å². The molecule has 0 spiro atoms. The van der Waals surface area contributed by atoms with Crippen molar-refractivity contribution in [2.75, 3.05) is 0 Å². The van der Waals surface area contributed by atoms with Crippen molar-refractivity contribution in [1.82, 2.24) is 0 Å². The minimum Gasteiger partial charge on any atom is -0.195 e. The van der Waals surface area contributed by atoms with Crippen molar-refractivity contribution in [2.45, 2.75) is 103 Å². The number of hydrogen-bond donors (Lipinski definition) is 0. The van der Waals surface area contributed by atoms with Gasteiger partial charge < -0.3 is 0 Å². The van der Waals surface area contributed by atoms with Crippen LogP contribution < -0.4 is 0 Å². The zero-order chi connectivity index (χ0) is 22.6. The maximum absolute atomic E-state index is 12.7. The number of rotatable bonds is 10. The Morgan fingerprint density at radius 3 is 2.03 bits per heavy atom. The van der Waals surface area contributed by atoms with Gasteiger partial charge in [0.25, 0.3) is 0 Å². The maximum atomic E-state index is 12.7. The minimum atomic E-state index is -0.712. The molecule has 0 radical (unpaired) electrons. The monoisotopic (exact) mass is 435 g/mol. The molecule has 3 rings (SSSR count). The lowest BCUT2D eigenvalue weighted by Gasteiger charge is -2.32. The molecule has 0 amide bonds. The molecule has 2 heteroatoms. The molecule has 0 heterocycles. The summed E-state index contributed by atoms with van der Waals surface area (Å²) >= 11 is 0. The van der Waals surface area contributed by atoms with E-state index in [-0.39, 0.29) is 0 Å². The van der Waals surface area contributed by atoms with Gasteiger partial charge in [0.05, 0.1) is 0 Å². The summed E-state index contributed by atoms with van der Waals surface area (Å²) in [5.41, 5.74) is 3.06. The van der Waals surface area contributed by atoms with Crippen LogP contribution in [0.2, 0.25) is 0 Å². The van der Waals surface area contributed by atoms with Gasteiger partial charge in [0.1, 0.15) is 6.07 Å². The van der Waals surface area contributed by atoms with E-state index in [1.807, 2.05) is 6.08 Å². The molecule has 2 aliphatic carbocycles. The predicted molar refractivity (Wildman–Crippen MR) is 133 cm³/mol. The maximum Gasteiger partial charge on any atom is 0.199 e. The fraction of sp³-hybridized carbons (Fsp3) is 0.633. The lowest BCUT2D eigenvalue weighted by Crippen LogP contribution is -2.17. The van der Waals surface area contributed by atoms with E-state index in [4.69, 9.17) is 5.26 Å². The molecule has 0 aromatic heterocycles. The third kappa shape index (κ3) is 8.23. The van der Waals surface area contributed by atoms with Gasteiger partial charge in [-0.2, -0.15) is 9.65 Å². The molecule has 2 saturated carbocycles. The number of allylic oxidation sites excluding steroid dienone is 4. The summed E-state index contributed by atoms with van der Waals surface area (Å²) in [4.78, 5) is 0. The van der Waals surface area contributed by atoms with Crippen molar-refractivity contribution >= 4 is 0 Å². The predicted octanol–water partition coefficient (Wildman–Crippen LogP) is 9.21. The number of aryl methyl sites for hydroxylation is 1. The van der Waals surface area contributed by atoms with Crippen molar-refractivity contribution < 1.29 is 4.39 Å². The van der Waals surface area contributed by atoms with Crippen LogP contribution in [0.4, 0.5) is 4.39 Å². The van der Waals surface area contributed by atoms with Crippen molar-refractivity contribution in [3.63, 3.8) is 0 Å². The van der Waals surface area contributed by atoms with E-state index in [1.165, 1.54) is 101 Å². The van der Waals surface area contributed by atoms with Gasteiger partial charge in [-0.25, -0.2) is 0 Å². The lowest BCUT2D eigenvalue weighted by atomic mass is 9.74. The first-order valence-corrected chi connectivity index (χ1v) is 13.2. The molecule has 2 aliphatic rings. The zero-order valence-electron chi connectivity index (χ0n) is 20.1. The topological polar surface area (TPSA) is 23.8 Å². The van der Waals surface area contributed by atoms with Gasteiger partial charge in [-0.15, -0.1) is 0 Å². The highest BCUT2D eigenvalue weighted by molar-refractivity contribution is 5.26. The van der Waals surface area contributed by atoms with Gasteiger partial charge in [-0.05, 0) is 85.8 Å². The Hall–Kier alpha value is -1.88. The Labute approximate surface area is 195 Å². The molecule has 0 aliphatic heterocycles. The van der Waals surface area contributed by atoms with Crippen LogP contribution >= 0.6 is 0 Å². The Morgan fingerprint density at radius 2 is 1.47 bits per heavy atom. The van der Waals surface area contributed by atoms with Gasteiger partial charge in [-0.1, -0.05) is 88.3 Å². The van der Waals surface area contributed by atoms with Crippen LogP contribution in [-0.4, -0.2) is 0 Å². The molecule has 174 valence electrons. The Morgan fingerprint density at radius 1 is 0.906 bits per heavy atom. The van der Waals surface area contributed by atoms with E-state index in [9.17, 15) is 4.39 Å². The summed E-state index contributed by atoms with van der Waals surface area (Å²) in [5, 5.41) is 8.40. The quantitative estimate of drug-likeness (QED) is 0.265. The SMILES string of the molecule is CCCc1ccc(C2CCC(CCC3CCC(CC/C=C/C=C(\F)C#N)CC3)CC2)cc1. The van der Waals surface area contributed by atoms with Crippen LogP contribution in [0.1, 0.15) is 107 Å². The van der Waals surface area contributed by atoms with E-state index >= 15 is 0 Å². The smallest absolute Gasteiger partial charge is 0.195 e. The van der Waals surface area contributed by atoms with Crippen LogP contribution in [0.15, 0.2) is 48.3 Å². The number of hydrogen-bond acceptors (Lipinski definition) is 1. The molecule has 1 aromatic carbocycles. The standard InChI is InChI=1S/C30H42FN/c1-2-6-24-15-19-28(20-16-24)29-21-17-27(18-22-29)14-13-26-11-9-25(10-12-26)7-4-3-5-8-30(31)23-32/h3,5,8,15-16,19-20,25-27,29H,2,4,6-7,9-14,17-18,21-22H2,1H3/b5-3+,30-8-. The summed E-state index contributed by atoms with van der Waals surface area (Å²) in [6.07, 6.45) is 23.6. The fourth-order valence-electron chi connectivity index (χ4n) is 5.93. The number of halogens is 1. The third-order valence-electron chi connectivity index (χ3n) is 8.01. The first-order valence-electron chi connectivity index (χ1n) is 13.2. The van der Waals surface area contributed by atoms with Gasteiger partial charge >= 0.3 is 0 Å². The highest BCUT2D eigenvalue weighted by Crippen LogP contribution is 2.40. The molecule has 2 fully saturated rings. The molecule has 1 nitrogen and oxygen atoms in total. The molecule has 0 saturated heterocycles. The third-order valence-corrected chi connectivity index (χ3v) is 8.01. The molecular formula is C30H42FN. The van der Waals surface area contributed by atoms with Crippen LogP contribution in [0, 0.1) is 29.1 Å². The van der Waals surface area contributed by atoms with Crippen LogP contribution in [0.3, 0.4) is 0 Å². The van der Waals surface area contributed by atoms with E-state index in [2.05, 4.69) is 31.2 Å². The highest BCUT2D eigenvalue weighted by atomic mass is 19.1. The van der Waals surface area contributed by atoms with Crippen LogP contribution in [-0.2, 0) is 6.42 Å². The first kappa shape index (κ1) is 24.8. The molecule has 1 aromatic rings. The Bertz CT molecular complexity index is 753. The minimum absolute atomic E-state index is 0.712. The van der Waals surface area contributed by atoms with E-state index in [1.54, 1.807) is 11.6 Å². The van der Waals surface area contributed by atoms with E-state index < -0.39 is 5.83 Å². The molecular weight excluding hydrogens is 393 g/mol. The fourth-order valence-corrected chi connectivity index (χ4v) is 5.93. The molecule has 0 bridgehead atoms. The summed E-state index contributed by atoms with van der Waals surface area (Å²) in [6, 6.07) is 11.0. The van der Waals surface area contributed by atoms with Gasteiger partial charge in [0.2, 0.25) is 0 Å². The average molecular weight is 436 g/mol. The van der Waals surface area contributed by atoms with Gasteiger partial charge in [0.15, 0.2) is 5.83 Å². The molecule has 32 heavy (non-hydrogen) atoms. The highest BCUT2D eigenvalue weighted by Gasteiger charge is 2.25. The van der Waals surface area contributed by atoms with Crippen LogP contribution in [0.25, 0.3) is 0 Å². The second-order valence-corrected chi connectivity index (χ2v) is 10.3. The Kier molecular flexibility index (Phi) is 10.5. The molecule has 0 atom stereocenters. The number of nitriles is 1. The number of benzene rings is 1. The summed E-state index contributed by atoms with van der Waals surface area (Å²) in [6.45, 7) is 2.25. The van der Waals surface area contributed by atoms with Crippen molar-refractivity contribution in [1.29, 1.82) is 5.26 Å². The van der Waals surface area contributed by atoms with Crippen molar-refractivity contribution in [3.05, 3.63) is 59.4 Å². The average Bonchev–Trinajstić information content (AvgIpc) is 2.84. The second-order valence-electron chi connectivity index (χ2n) is 10.3. The van der Waals surface area contributed by atoms with E-state index in [0.29, 0.717) is 0 Å². The Balaban J connectivity index is 1.28. The largest absolute Gasteiger partial charge is 0.199 e. The summed E-state index contributed by atoms with van der Waals surface area (Å²) in [7, 11) is 0. The molecule has 0 N–H and O–H groups in total. The van der Waals surface area contributed by atoms with Gasteiger partial charge in [0, 0.05) is 0 Å².